The maximum atomic E-state index is 5.86. The minimum absolute atomic E-state index is 0.104. The predicted octanol–water partition coefficient (Wildman–Crippen LogP) is 21.7. The molecule has 3 aliphatic rings. The van der Waals surface area contributed by atoms with Crippen LogP contribution in [0.3, 0.4) is 0 Å². The standard InChI is InChI=1S/C101H98N6/c1-7-11-15-19-23-27-41-67-101(66-40-26-22-18-14-10-4)82-49-37-35-47-77(82)79-55-52-75(69-84(79)101)94-88-59-57-86(103-88)71(6)85-56-58-87(102-85)93(74-51-54-78-76-46-34-36-48-81(76)100(83(78)68-74,64-38-24-20-16-12-8-2)65-39-25-21-17-13-9-3)89-60-62-91(104-89)95(92-63-61-90(94)105-92)80-53-50-70(5)96-99(80)107-98(73-44-32-29-33-45-73)97(106-96)72-42-30-28-31-43-72/h28-37,42-63,68-69,102-105H,8-10,12-14,16-18,20-22,24-26,38-40,64-66H2,1-6H3. The number of hydrogen-bond acceptors (Lipinski definition) is 2. The molecule has 7 aromatic carbocycles. The fraction of sp³-hybridized carbons (Fsp3) is 0.287. The van der Waals surface area contributed by atoms with Crippen molar-refractivity contribution in [2.45, 2.75) is 187 Å². The first-order chi connectivity index (χ1) is 52.7. The molecule has 0 saturated carbocycles. The average Bonchev–Trinajstić information content (AvgIpc) is 1.58. The van der Waals surface area contributed by atoms with Gasteiger partial charge in [-0.1, -0.05) is 294 Å². The fourth-order valence-electron chi connectivity index (χ4n) is 17.6. The van der Waals surface area contributed by atoms with E-state index in [2.05, 4.69) is 308 Å². The minimum Gasteiger partial charge on any atom is -0.355 e. The molecule has 0 spiro atoms. The first-order valence-corrected chi connectivity index (χ1v) is 39.8. The van der Waals surface area contributed by atoms with E-state index in [1.807, 2.05) is 0 Å². The molecule has 15 rings (SSSR count). The van der Waals surface area contributed by atoms with Gasteiger partial charge in [-0.2, -0.15) is 0 Å². The van der Waals surface area contributed by atoms with Crippen LogP contribution in [0.2, 0.25) is 0 Å². The lowest BCUT2D eigenvalue weighted by Crippen LogP contribution is -2.26. The van der Waals surface area contributed by atoms with Gasteiger partial charge in [0.1, 0.15) is 0 Å². The topological polar surface area (TPSA) is 88.9 Å². The van der Waals surface area contributed by atoms with Gasteiger partial charge < -0.3 is 19.9 Å². The van der Waals surface area contributed by atoms with Crippen molar-refractivity contribution >= 4 is 33.3 Å². The van der Waals surface area contributed by atoms with Crippen LogP contribution < -0.4 is 21.4 Å². The van der Waals surface area contributed by atoms with Crippen molar-refractivity contribution in [1.29, 1.82) is 0 Å². The molecule has 8 bridgehead atoms. The summed E-state index contributed by atoms with van der Waals surface area (Å²) in [6, 6.07) is 76.8. The molecule has 0 fully saturated rings. The fourth-order valence-corrected chi connectivity index (χ4v) is 17.6. The Bertz CT molecular complexity index is 5800. The molecule has 107 heavy (non-hydrogen) atoms. The number of H-pyrrole nitrogens is 4. The molecule has 5 aromatic heterocycles. The highest BCUT2D eigenvalue weighted by Crippen LogP contribution is 2.56. The number of hydrogen-bond donors (Lipinski definition) is 4. The Kier molecular flexibility index (Phi) is 21.7. The molecule has 4 N–H and O–H groups in total. The van der Waals surface area contributed by atoms with Gasteiger partial charge in [-0.25, -0.2) is 9.97 Å². The number of nitrogens with one attached hydrogen (secondary N) is 4. The molecule has 6 nitrogen and oxygen atoms in total. The van der Waals surface area contributed by atoms with Gasteiger partial charge in [0, 0.05) is 83.0 Å². The molecule has 6 heteroatoms. The maximum absolute atomic E-state index is 5.86. The average molecular weight is 1400 g/mol. The van der Waals surface area contributed by atoms with E-state index in [-0.39, 0.29) is 5.41 Å². The monoisotopic (exact) mass is 1390 g/mol. The zero-order valence-corrected chi connectivity index (χ0v) is 63.4. The summed E-state index contributed by atoms with van der Waals surface area (Å²) < 4.78 is 0. The van der Waals surface area contributed by atoms with Gasteiger partial charge >= 0.3 is 0 Å². The summed E-state index contributed by atoms with van der Waals surface area (Å²) >= 11 is 0. The summed E-state index contributed by atoms with van der Waals surface area (Å²) in [5.41, 5.74) is 27.7. The first kappa shape index (κ1) is 71.3. The smallest absolute Gasteiger partial charge is 0.0977 e. The predicted molar refractivity (Wildman–Crippen MR) is 446 cm³/mol. The molecule has 0 saturated heterocycles. The van der Waals surface area contributed by atoms with Crippen LogP contribution in [-0.2, 0) is 10.8 Å². The molecule has 2 aliphatic carbocycles. The van der Waals surface area contributed by atoms with Gasteiger partial charge in [-0.15, -0.1) is 0 Å². The van der Waals surface area contributed by atoms with Crippen molar-refractivity contribution < 1.29 is 0 Å². The summed E-state index contributed by atoms with van der Waals surface area (Å²) in [6.07, 6.45) is 25.4. The summed E-state index contributed by atoms with van der Waals surface area (Å²) in [4.78, 5) is 28.1. The van der Waals surface area contributed by atoms with Gasteiger partial charge in [0.15, 0.2) is 0 Å². The van der Waals surface area contributed by atoms with Crippen molar-refractivity contribution in [1.82, 2.24) is 29.9 Å². The summed E-state index contributed by atoms with van der Waals surface area (Å²) in [5.74, 6) is 24.8. The Morgan fingerprint density at radius 1 is 0.318 bits per heavy atom. The van der Waals surface area contributed by atoms with Crippen LogP contribution in [0.25, 0.3) is 78.1 Å². The van der Waals surface area contributed by atoms with E-state index in [4.69, 9.17) is 9.97 Å². The van der Waals surface area contributed by atoms with Crippen LogP contribution in [0.15, 0.2) is 206 Å². The van der Waals surface area contributed by atoms with E-state index in [0.717, 1.165) is 149 Å². The zero-order valence-electron chi connectivity index (χ0n) is 63.4. The highest BCUT2D eigenvalue weighted by molar-refractivity contribution is 5.98. The second-order valence-electron chi connectivity index (χ2n) is 30.0. The number of aryl methyl sites for hydroxylation is 1. The van der Waals surface area contributed by atoms with Gasteiger partial charge in [-0.05, 0) is 203 Å². The van der Waals surface area contributed by atoms with E-state index >= 15 is 0 Å². The summed E-state index contributed by atoms with van der Waals surface area (Å²) in [7, 11) is 0. The van der Waals surface area contributed by atoms with Gasteiger partial charge in [-0.3, -0.25) is 0 Å². The minimum atomic E-state index is -0.627. The highest BCUT2D eigenvalue weighted by atomic mass is 14.8. The maximum Gasteiger partial charge on any atom is 0.0977 e. The van der Waals surface area contributed by atoms with Crippen LogP contribution in [-0.4, -0.2) is 29.9 Å². The Morgan fingerprint density at radius 2 is 0.748 bits per heavy atom. The number of fused-ring (bicyclic) bond motifs is 15. The van der Waals surface area contributed by atoms with Crippen molar-refractivity contribution in [3.63, 3.8) is 0 Å². The van der Waals surface area contributed by atoms with E-state index in [9.17, 15) is 0 Å². The van der Waals surface area contributed by atoms with E-state index in [1.165, 1.54) is 153 Å². The van der Waals surface area contributed by atoms with Crippen LogP contribution in [0.4, 0.5) is 0 Å². The number of benzene rings is 7. The molecular formula is C101H98N6. The highest BCUT2D eigenvalue weighted by Gasteiger charge is 2.44. The van der Waals surface area contributed by atoms with Crippen molar-refractivity contribution in [2.75, 3.05) is 0 Å². The molecule has 1 atom stereocenters. The van der Waals surface area contributed by atoms with Gasteiger partial charge in [0.25, 0.3) is 0 Å². The lowest BCUT2D eigenvalue weighted by Gasteiger charge is -2.33. The third-order valence-electron chi connectivity index (χ3n) is 23.1. The Labute approximate surface area is 633 Å². The van der Waals surface area contributed by atoms with E-state index in [0.29, 0.717) is 0 Å². The lowest BCUT2D eigenvalue weighted by molar-refractivity contribution is 0.398. The lowest BCUT2D eigenvalue weighted by atomic mass is 9.70. The van der Waals surface area contributed by atoms with Crippen LogP contribution in [0.5, 0.6) is 0 Å². The molecule has 1 aliphatic heterocycles. The van der Waals surface area contributed by atoms with Crippen molar-refractivity contribution in [2.24, 2.45) is 0 Å². The quantitative estimate of drug-likeness (QED) is 0.0321. The third-order valence-corrected chi connectivity index (χ3v) is 23.1. The zero-order chi connectivity index (χ0) is 73.1. The van der Waals surface area contributed by atoms with Gasteiger partial charge in [0.2, 0.25) is 0 Å². The second-order valence-corrected chi connectivity index (χ2v) is 30.0. The number of rotatable bonds is 26. The number of aromatic nitrogens is 6. The second kappa shape index (κ2) is 32.6. The number of nitrogens with zero attached hydrogens (tertiary/aromatic N) is 2. The molecule has 0 radical (unpaired) electrons. The van der Waals surface area contributed by atoms with Crippen LogP contribution >= 0.6 is 0 Å². The largest absolute Gasteiger partial charge is 0.355 e. The van der Waals surface area contributed by atoms with Crippen molar-refractivity contribution in [3.05, 3.63) is 295 Å². The van der Waals surface area contributed by atoms with Crippen LogP contribution in [0, 0.1) is 54.3 Å². The van der Waals surface area contributed by atoms with Crippen molar-refractivity contribution in [3.8, 4) is 92.1 Å². The molecule has 1 unspecified atom stereocenters. The first-order valence-electron chi connectivity index (χ1n) is 39.8. The summed E-state index contributed by atoms with van der Waals surface area (Å²) in [6.45, 7) is 13.1. The molecule has 532 valence electrons. The number of aromatic amines is 4. The van der Waals surface area contributed by atoms with Crippen LogP contribution in [0.1, 0.15) is 237 Å². The third kappa shape index (κ3) is 14.3. The Balaban J connectivity index is 0.970. The molecule has 6 heterocycles. The molecule has 0 amide bonds. The molecule has 12 aromatic rings. The SMILES string of the molecule is CC#CC#CC#CC#CC1(CCCCCCCC)c2ccccc2-c2ccc(C3=c4ccc([nH]4)=C(C)c4ccc([nH]4)C(c4ccc5c(c4)C(CCCCCCCC)(CCCCCCCC)c4ccccc4-5)=c4ccc([nH]4)=C(c4ccc(C)c5nc(-c6ccccc6)c(-c6ccccc6)nc45)c4ccc3[nH]4)cc21. The Hall–Kier alpha value is -11.3. The van der Waals surface area contributed by atoms with E-state index < -0.39 is 5.41 Å². The Morgan fingerprint density at radius 3 is 1.35 bits per heavy atom. The number of unbranched alkanes of at least 4 members (excludes halogenated alkanes) is 15. The molecular weight excluding hydrogens is 1300 g/mol. The summed E-state index contributed by atoms with van der Waals surface area (Å²) in [5, 5.41) is 3.98. The van der Waals surface area contributed by atoms with E-state index in [1.54, 1.807) is 6.92 Å². The van der Waals surface area contributed by atoms with Gasteiger partial charge in [0.05, 0.1) is 27.8 Å². The normalized spacial score (nSPS) is 14.2.